The first kappa shape index (κ1) is 62.0. The average molecular weight is 1190 g/mol. The largest absolute Gasteiger partial charge is 0.310 e. The van der Waals surface area contributed by atoms with Crippen molar-refractivity contribution in [1.29, 1.82) is 5.26 Å². The third kappa shape index (κ3) is 12.3. The van der Waals surface area contributed by atoms with Crippen molar-refractivity contribution in [2.24, 2.45) is 5.41 Å². The first-order valence-electron chi connectivity index (χ1n) is 31.4. The number of benzene rings is 8. The number of rotatable bonds is 10. The summed E-state index contributed by atoms with van der Waals surface area (Å²) < 4.78 is 0. The van der Waals surface area contributed by atoms with E-state index in [0.717, 1.165) is 46.6 Å². The summed E-state index contributed by atoms with van der Waals surface area (Å²) in [4.78, 5) is 7.40. The van der Waals surface area contributed by atoms with Gasteiger partial charge < -0.3 is 4.90 Å². The van der Waals surface area contributed by atoms with Crippen molar-refractivity contribution >= 4 is 69.3 Å². The van der Waals surface area contributed by atoms with Crippen molar-refractivity contribution < 1.29 is 0 Å². The third-order valence-electron chi connectivity index (χ3n) is 18.2. The summed E-state index contributed by atoms with van der Waals surface area (Å²) in [5.74, 6) is 2.76. The van der Waals surface area contributed by atoms with E-state index >= 15 is 0 Å². The van der Waals surface area contributed by atoms with Crippen LogP contribution in [0.5, 0.6) is 0 Å². The lowest BCUT2D eigenvalue weighted by Crippen LogP contribution is -2.58. The average Bonchev–Trinajstić information content (AvgIpc) is 0.750. The second-order valence-corrected chi connectivity index (χ2v) is 31.8. The predicted octanol–water partition coefficient (Wildman–Crippen LogP) is 21.4. The van der Waals surface area contributed by atoms with E-state index in [9.17, 15) is 5.26 Å². The first-order valence-corrected chi connectivity index (χ1v) is 33.1. The number of hydrogen-bond acceptors (Lipinski definition) is 4. The number of fused-ring (bicyclic) bond motifs is 4. The molecule has 0 fully saturated rings. The van der Waals surface area contributed by atoms with Crippen LogP contribution >= 0.6 is 23.5 Å². The van der Waals surface area contributed by atoms with Gasteiger partial charge in [-0.15, -0.1) is 6.42 Å². The highest BCUT2D eigenvalue weighted by atomic mass is 32.2. The fourth-order valence-corrected chi connectivity index (χ4v) is 15.8. The van der Waals surface area contributed by atoms with Crippen LogP contribution in [0.4, 0.5) is 17.1 Å². The normalized spacial score (nSPS) is 14.7. The lowest BCUT2D eigenvalue weighted by Gasteiger charge is -2.36. The number of nitrogens with zero attached hydrogens (tertiary/aromatic N) is 2. The molecule has 0 spiro atoms. The maximum atomic E-state index is 11.3. The van der Waals surface area contributed by atoms with Crippen LogP contribution in [0.2, 0.25) is 0 Å². The molecule has 0 aromatic heterocycles. The third-order valence-corrected chi connectivity index (χ3v) is 20.5. The highest BCUT2D eigenvalue weighted by Gasteiger charge is 2.41. The standard InChI is InChI=1S/C83H85BN2S2/c1-18-19-22-27-53(2)65-49-71-74(51-67(65)77(54-32-37-59(38-33-54)79(3,4)5)55-34-39-60(40-35-55)80(6,7)8)88-76-47-57(64-42-41-61(81(9,10)11)48-68(64)82(12,13)14)46-75-78(76)84(71)70-43-36-56(45-73(70)87-75)66-50-72(69(83(15,16)17)44-58(66)52-85)86(62-28-23-20-24-29-62)63-30-25-21-26-31-63/h1,19-34,36-39,41-51,77H,35,40H2,2-17H3/b22-19-,53-27+. The van der Waals surface area contributed by atoms with Gasteiger partial charge in [0, 0.05) is 42.4 Å². The molecule has 2 aliphatic heterocycles. The van der Waals surface area contributed by atoms with Crippen LogP contribution in [0.25, 0.3) is 27.8 Å². The molecule has 11 rings (SSSR count). The van der Waals surface area contributed by atoms with E-state index in [1.807, 2.05) is 29.6 Å². The molecule has 2 heterocycles. The zero-order valence-corrected chi connectivity index (χ0v) is 56.4. The smallest absolute Gasteiger partial charge is 0.247 e. The molecule has 2 nitrogen and oxygen atoms in total. The van der Waals surface area contributed by atoms with Gasteiger partial charge in [-0.2, -0.15) is 5.26 Å². The number of anilines is 3. The molecule has 5 heteroatoms. The van der Waals surface area contributed by atoms with E-state index in [2.05, 4.69) is 304 Å². The summed E-state index contributed by atoms with van der Waals surface area (Å²) in [6, 6.07) is 62.3. The SMILES string of the molecule is C#C/C=C\C=C(/C)c1cc2c(cc1C(C1=CC=C(C(C)(C)C)CC1)c1ccc(C(C)(C)C)cc1)Sc1cc(-c3ccc(C(C)(C)C)cc3C(C)(C)C)cc3c1B2c1ccc(-c2cc(N(c4ccccc4)c4ccccc4)c(C(C)(C)C)cc2C#N)cc1S3. The van der Waals surface area contributed by atoms with E-state index in [0.29, 0.717) is 5.56 Å². The Labute approximate surface area is 536 Å². The molecule has 442 valence electrons. The Morgan fingerprint density at radius 3 is 1.69 bits per heavy atom. The van der Waals surface area contributed by atoms with E-state index < -0.39 is 0 Å². The summed E-state index contributed by atoms with van der Waals surface area (Å²) in [5, 5.41) is 11.3. The molecule has 1 atom stereocenters. The Morgan fingerprint density at radius 2 is 1.15 bits per heavy atom. The predicted molar refractivity (Wildman–Crippen MR) is 382 cm³/mol. The van der Waals surface area contributed by atoms with E-state index in [1.54, 1.807) is 6.08 Å². The molecule has 0 N–H and O–H groups in total. The number of allylic oxidation sites excluding steroid dienone is 8. The number of terminal acetylenes is 1. The maximum absolute atomic E-state index is 11.3. The van der Waals surface area contributed by atoms with Gasteiger partial charge in [-0.05, 0) is 180 Å². The quantitative estimate of drug-likeness (QED) is 0.0775. The van der Waals surface area contributed by atoms with Crippen molar-refractivity contribution in [1.82, 2.24) is 0 Å². The van der Waals surface area contributed by atoms with Gasteiger partial charge in [0.15, 0.2) is 0 Å². The molecule has 8 aromatic rings. The highest BCUT2D eigenvalue weighted by Crippen LogP contribution is 2.50. The molecule has 0 radical (unpaired) electrons. The van der Waals surface area contributed by atoms with Gasteiger partial charge in [0.05, 0.1) is 17.3 Å². The van der Waals surface area contributed by atoms with Crippen LogP contribution in [0, 0.1) is 29.1 Å². The van der Waals surface area contributed by atoms with E-state index in [1.165, 1.54) is 97.2 Å². The van der Waals surface area contributed by atoms with Gasteiger partial charge in [0.2, 0.25) is 6.71 Å². The van der Waals surface area contributed by atoms with Gasteiger partial charge in [-0.3, -0.25) is 0 Å². The second kappa shape index (κ2) is 23.7. The Morgan fingerprint density at radius 1 is 0.557 bits per heavy atom. The monoisotopic (exact) mass is 1180 g/mol. The maximum Gasteiger partial charge on any atom is 0.247 e. The topological polar surface area (TPSA) is 27.0 Å². The Kier molecular flexibility index (Phi) is 16.7. The Hall–Kier alpha value is -7.67. The fourth-order valence-electron chi connectivity index (χ4n) is 13.3. The van der Waals surface area contributed by atoms with E-state index in [-0.39, 0.29) is 39.7 Å². The van der Waals surface area contributed by atoms with Crippen molar-refractivity contribution in [2.75, 3.05) is 4.90 Å². The summed E-state index contributed by atoms with van der Waals surface area (Å²) >= 11 is 3.82. The van der Waals surface area contributed by atoms with Gasteiger partial charge in [0.25, 0.3) is 0 Å². The zero-order valence-electron chi connectivity index (χ0n) is 54.8. The van der Waals surface area contributed by atoms with Crippen LogP contribution in [0.1, 0.15) is 174 Å². The summed E-state index contributed by atoms with van der Waals surface area (Å²) in [6.07, 6.45) is 18.8. The molecule has 88 heavy (non-hydrogen) atoms. The molecule has 0 amide bonds. The summed E-state index contributed by atoms with van der Waals surface area (Å²) in [5.41, 5.74) is 25.0. The highest BCUT2D eigenvalue weighted by molar-refractivity contribution is 8.01. The van der Waals surface area contributed by atoms with Crippen molar-refractivity contribution in [3.8, 4) is 40.7 Å². The fraction of sp³-hybridized carbons (Fsp3) is 0.289. The van der Waals surface area contributed by atoms with Crippen LogP contribution in [-0.2, 0) is 21.7 Å². The number of nitriles is 1. The summed E-state index contributed by atoms with van der Waals surface area (Å²) in [6.45, 7) is 36.9. The minimum atomic E-state index is -0.278. The van der Waals surface area contributed by atoms with Crippen LogP contribution in [-0.4, -0.2) is 6.71 Å². The van der Waals surface area contributed by atoms with Crippen molar-refractivity contribution in [3.05, 3.63) is 244 Å². The molecule has 1 unspecified atom stereocenters. The molecule has 1 aliphatic carbocycles. The lowest BCUT2D eigenvalue weighted by molar-refractivity contribution is 0.478. The Bertz CT molecular complexity index is 4200. The van der Waals surface area contributed by atoms with Gasteiger partial charge in [0.1, 0.15) is 0 Å². The minimum absolute atomic E-state index is 0.00191. The second-order valence-electron chi connectivity index (χ2n) is 29.7. The van der Waals surface area contributed by atoms with Crippen LogP contribution in [0.15, 0.2) is 219 Å². The molecular formula is C83H85BN2S2. The molecule has 3 aliphatic rings. The number of para-hydroxylation sites is 2. The first-order chi connectivity index (χ1) is 41.6. The van der Waals surface area contributed by atoms with Crippen molar-refractivity contribution in [2.45, 2.75) is 171 Å². The van der Waals surface area contributed by atoms with Crippen molar-refractivity contribution in [3.63, 3.8) is 0 Å². The molecule has 0 saturated carbocycles. The molecule has 0 bridgehead atoms. The lowest BCUT2D eigenvalue weighted by atomic mass is 9.36. The molecule has 8 aromatic carbocycles. The Balaban J connectivity index is 1.18. The van der Waals surface area contributed by atoms with Gasteiger partial charge in [-0.1, -0.05) is 277 Å². The minimum Gasteiger partial charge on any atom is -0.310 e. The molecular weight excluding hydrogens is 1100 g/mol. The number of hydrogen-bond donors (Lipinski definition) is 0. The zero-order chi connectivity index (χ0) is 62.8. The van der Waals surface area contributed by atoms with Gasteiger partial charge >= 0.3 is 0 Å². The van der Waals surface area contributed by atoms with Crippen LogP contribution < -0.4 is 21.3 Å². The van der Waals surface area contributed by atoms with E-state index in [4.69, 9.17) is 6.42 Å². The summed E-state index contributed by atoms with van der Waals surface area (Å²) in [7, 11) is 0. The van der Waals surface area contributed by atoms with Gasteiger partial charge in [-0.25, -0.2) is 0 Å². The molecule has 0 saturated heterocycles. The van der Waals surface area contributed by atoms with Crippen LogP contribution in [0.3, 0.4) is 0 Å².